The summed E-state index contributed by atoms with van der Waals surface area (Å²) in [6.07, 6.45) is 0. The van der Waals surface area contributed by atoms with Crippen molar-refractivity contribution in [2.45, 2.75) is 6.54 Å². The van der Waals surface area contributed by atoms with Gasteiger partial charge in [-0.25, -0.2) is 9.38 Å². The van der Waals surface area contributed by atoms with Gasteiger partial charge >= 0.3 is 0 Å². The lowest BCUT2D eigenvalue weighted by Crippen LogP contribution is -2.53. The second-order valence-corrected chi connectivity index (χ2v) is 8.40. The summed E-state index contributed by atoms with van der Waals surface area (Å²) in [6.45, 7) is 3.46. The summed E-state index contributed by atoms with van der Waals surface area (Å²) in [5, 5.41) is 3.44. The maximum Gasteiger partial charge on any atom is 0.258 e. The largest absolute Gasteiger partial charge is 0.494 e. The lowest BCUT2D eigenvalue weighted by Gasteiger charge is -2.36. The highest BCUT2D eigenvalue weighted by Gasteiger charge is 2.22. The molecule has 8 heteroatoms. The number of amides is 1. The average molecular weight is 481 g/mol. The van der Waals surface area contributed by atoms with Crippen molar-refractivity contribution < 1.29 is 13.9 Å². The Balaban J connectivity index is 1.52. The number of ether oxygens (including phenoxy) is 1. The smallest absolute Gasteiger partial charge is 0.258 e. The van der Waals surface area contributed by atoms with E-state index in [0.717, 1.165) is 18.7 Å². The third-order valence-corrected chi connectivity index (χ3v) is 5.83. The maximum atomic E-state index is 13.5. The van der Waals surface area contributed by atoms with E-state index < -0.39 is 0 Å². The van der Waals surface area contributed by atoms with Crippen LogP contribution < -0.4 is 10.1 Å². The van der Waals surface area contributed by atoms with Crippen LogP contribution >= 0.6 is 11.6 Å². The molecule has 1 heterocycles. The van der Waals surface area contributed by atoms with Gasteiger partial charge in [-0.05, 0) is 48.0 Å². The number of hydrogen-bond acceptors (Lipinski definition) is 4. The second-order valence-electron chi connectivity index (χ2n) is 7.96. The summed E-state index contributed by atoms with van der Waals surface area (Å²) in [6, 6.07) is 20.8. The van der Waals surface area contributed by atoms with Crippen LogP contribution in [0.25, 0.3) is 0 Å². The van der Waals surface area contributed by atoms with Gasteiger partial charge in [-0.3, -0.25) is 15.0 Å². The molecule has 1 aliphatic heterocycles. The van der Waals surface area contributed by atoms with Gasteiger partial charge < -0.3 is 9.64 Å². The molecule has 0 aliphatic carbocycles. The van der Waals surface area contributed by atoms with E-state index in [1.807, 2.05) is 35.2 Å². The third-order valence-electron chi connectivity index (χ3n) is 5.59. The van der Waals surface area contributed by atoms with Crippen LogP contribution in [0.1, 0.15) is 15.9 Å². The van der Waals surface area contributed by atoms with Crippen LogP contribution in [0.3, 0.4) is 0 Å². The van der Waals surface area contributed by atoms with E-state index in [0.29, 0.717) is 47.6 Å². The fraction of sp³-hybridized carbons (Fsp3) is 0.231. The number of methoxy groups -OCH3 is 1. The Morgan fingerprint density at radius 3 is 2.53 bits per heavy atom. The molecule has 0 aromatic heterocycles. The molecule has 0 spiro atoms. The predicted octanol–water partition coefficient (Wildman–Crippen LogP) is 4.72. The third kappa shape index (κ3) is 6.12. The average Bonchev–Trinajstić information content (AvgIpc) is 2.84. The fourth-order valence-corrected chi connectivity index (χ4v) is 4.02. The molecule has 6 nitrogen and oxygen atoms in total. The van der Waals surface area contributed by atoms with E-state index in [-0.39, 0.29) is 11.7 Å². The summed E-state index contributed by atoms with van der Waals surface area (Å²) < 4.78 is 19.0. The van der Waals surface area contributed by atoms with E-state index in [2.05, 4.69) is 10.2 Å². The van der Waals surface area contributed by atoms with Crippen molar-refractivity contribution in [2.24, 2.45) is 4.99 Å². The quantitative estimate of drug-likeness (QED) is 0.424. The van der Waals surface area contributed by atoms with Gasteiger partial charge in [-0.15, -0.1) is 0 Å². The van der Waals surface area contributed by atoms with Crippen LogP contribution in [0.2, 0.25) is 5.02 Å². The normalized spacial score (nSPS) is 14.7. The number of benzene rings is 3. The molecule has 0 saturated carbocycles. The first-order chi connectivity index (χ1) is 16.5. The van der Waals surface area contributed by atoms with Crippen molar-refractivity contribution in [1.82, 2.24) is 15.1 Å². The van der Waals surface area contributed by atoms with Crippen molar-refractivity contribution in [3.63, 3.8) is 0 Å². The van der Waals surface area contributed by atoms with Crippen LogP contribution in [0.15, 0.2) is 77.8 Å². The Hall–Kier alpha value is -3.42. The van der Waals surface area contributed by atoms with Gasteiger partial charge in [0.15, 0.2) is 0 Å². The van der Waals surface area contributed by atoms with E-state index in [1.54, 1.807) is 43.5 Å². The van der Waals surface area contributed by atoms with Gasteiger partial charge in [0.2, 0.25) is 5.96 Å². The Bertz CT molecular complexity index is 1180. The topological polar surface area (TPSA) is 57.2 Å². The Kier molecular flexibility index (Phi) is 7.77. The highest BCUT2D eigenvalue weighted by atomic mass is 35.5. The van der Waals surface area contributed by atoms with Gasteiger partial charge in [-0.1, -0.05) is 41.9 Å². The molecule has 3 aromatic rings. The summed E-state index contributed by atoms with van der Waals surface area (Å²) >= 11 is 6.07. The van der Waals surface area contributed by atoms with E-state index in [1.165, 1.54) is 6.07 Å². The Morgan fingerprint density at radius 1 is 1.03 bits per heavy atom. The molecule has 0 unspecified atom stereocenters. The number of carbonyl (C=O) groups excluding carboxylic acids is 1. The SMILES string of the molecule is COc1ccccc1N=C(NC(=O)c1cccc(Cl)c1)N1CCN(Cc2cccc(F)c2)CC1. The van der Waals surface area contributed by atoms with Crippen molar-refractivity contribution in [3.8, 4) is 5.75 Å². The standard InChI is InChI=1S/C26H26ClFN4O2/c1-34-24-11-3-2-10-23(24)29-26(30-25(33)20-7-5-8-21(27)17-20)32-14-12-31(13-15-32)18-19-6-4-9-22(28)16-19/h2-11,16-17H,12-15,18H2,1H3,(H,29,30,33). The Morgan fingerprint density at radius 2 is 1.79 bits per heavy atom. The first-order valence-corrected chi connectivity index (χ1v) is 11.4. The molecule has 1 aliphatic rings. The number of hydrogen-bond donors (Lipinski definition) is 1. The number of para-hydroxylation sites is 2. The van der Waals surface area contributed by atoms with Crippen LogP contribution in [-0.4, -0.2) is 55.0 Å². The molecule has 0 atom stereocenters. The van der Waals surface area contributed by atoms with E-state index in [4.69, 9.17) is 21.3 Å². The molecule has 176 valence electrons. The van der Waals surface area contributed by atoms with Gasteiger partial charge in [0.1, 0.15) is 17.3 Å². The van der Waals surface area contributed by atoms with Crippen molar-refractivity contribution in [3.05, 3.63) is 94.8 Å². The highest BCUT2D eigenvalue weighted by molar-refractivity contribution is 6.31. The molecule has 0 radical (unpaired) electrons. The molecule has 1 fully saturated rings. The van der Waals surface area contributed by atoms with Crippen LogP contribution in [0.5, 0.6) is 5.75 Å². The fourth-order valence-electron chi connectivity index (χ4n) is 3.83. The minimum absolute atomic E-state index is 0.230. The molecule has 0 bridgehead atoms. The van der Waals surface area contributed by atoms with Gasteiger partial charge in [0.25, 0.3) is 5.91 Å². The summed E-state index contributed by atoms with van der Waals surface area (Å²) in [4.78, 5) is 22.0. The highest BCUT2D eigenvalue weighted by Crippen LogP contribution is 2.27. The lowest BCUT2D eigenvalue weighted by atomic mass is 10.2. The predicted molar refractivity (Wildman–Crippen MR) is 132 cm³/mol. The van der Waals surface area contributed by atoms with Gasteiger partial charge in [-0.2, -0.15) is 0 Å². The van der Waals surface area contributed by atoms with E-state index >= 15 is 0 Å². The number of rotatable bonds is 5. The molecular weight excluding hydrogens is 455 g/mol. The second kappa shape index (κ2) is 11.1. The zero-order chi connectivity index (χ0) is 23.9. The lowest BCUT2D eigenvalue weighted by molar-refractivity contribution is 0.0967. The maximum absolute atomic E-state index is 13.5. The number of carbonyl (C=O) groups is 1. The van der Waals surface area contributed by atoms with Crippen LogP contribution in [0.4, 0.5) is 10.1 Å². The minimum atomic E-state index is -0.293. The molecule has 34 heavy (non-hydrogen) atoms. The molecular formula is C26H26ClFN4O2. The van der Waals surface area contributed by atoms with Crippen LogP contribution in [-0.2, 0) is 6.54 Å². The number of aliphatic imine (C=N–C) groups is 1. The zero-order valence-electron chi connectivity index (χ0n) is 18.9. The first kappa shape index (κ1) is 23.7. The Labute approximate surface area is 203 Å². The summed E-state index contributed by atoms with van der Waals surface area (Å²) in [7, 11) is 1.59. The van der Waals surface area contributed by atoms with Gasteiger partial charge in [0.05, 0.1) is 7.11 Å². The summed E-state index contributed by atoms with van der Waals surface area (Å²) in [5.41, 5.74) is 2.00. The number of nitrogens with zero attached hydrogens (tertiary/aromatic N) is 3. The van der Waals surface area contributed by atoms with Crippen molar-refractivity contribution >= 4 is 29.2 Å². The monoisotopic (exact) mass is 480 g/mol. The van der Waals surface area contributed by atoms with E-state index in [9.17, 15) is 9.18 Å². The number of guanidine groups is 1. The zero-order valence-corrected chi connectivity index (χ0v) is 19.6. The van der Waals surface area contributed by atoms with Crippen molar-refractivity contribution in [2.75, 3.05) is 33.3 Å². The number of nitrogens with one attached hydrogen (secondary N) is 1. The molecule has 1 amide bonds. The summed E-state index contributed by atoms with van der Waals surface area (Å²) in [5.74, 6) is 0.533. The van der Waals surface area contributed by atoms with Crippen molar-refractivity contribution in [1.29, 1.82) is 0 Å². The number of halogens is 2. The first-order valence-electron chi connectivity index (χ1n) is 11.0. The molecule has 4 rings (SSSR count). The molecule has 1 saturated heterocycles. The van der Waals surface area contributed by atoms with Crippen LogP contribution in [0, 0.1) is 5.82 Å². The molecule has 3 aromatic carbocycles. The minimum Gasteiger partial charge on any atom is -0.494 e. The molecule has 1 N–H and O–H groups in total. The number of piperazine rings is 1. The van der Waals surface area contributed by atoms with Gasteiger partial charge in [0, 0.05) is 43.3 Å².